The number of hydrogen-bond donors (Lipinski definition) is 1. The van der Waals surface area contributed by atoms with E-state index in [0.29, 0.717) is 22.8 Å². The Morgan fingerprint density at radius 2 is 1.95 bits per heavy atom. The first kappa shape index (κ1) is 15.7. The van der Waals surface area contributed by atoms with E-state index in [2.05, 4.69) is 5.32 Å². The van der Waals surface area contributed by atoms with Crippen LogP contribution < -0.4 is 10.1 Å². The molecule has 0 aliphatic heterocycles. The van der Waals surface area contributed by atoms with E-state index in [1.807, 2.05) is 6.07 Å². The van der Waals surface area contributed by atoms with Crippen LogP contribution in [0.3, 0.4) is 0 Å². The third-order valence-electron chi connectivity index (χ3n) is 3.35. The molecule has 1 unspecified atom stereocenters. The van der Waals surface area contributed by atoms with Gasteiger partial charge in [0.25, 0.3) is 0 Å². The molecular formula is C16H16ClF2NO. The monoisotopic (exact) mass is 311 g/mol. The maximum atomic E-state index is 13.8. The lowest BCUT2D eigenvalue weighted by atomic mass is 9.97. The van der Waals surface area contributed by atoms with E-state index in [4.69, 9.17) is 16.3 Å². The average molecular weight is 312 g/mol. The summed E-state index contributed by atoms with van der Waals surface area (Å²) < 4.78 is 32.4. The fourth-order valence-corrected chi connectivity index (χ4v) is 2.42. The fraction of sp³-hybridized carbons (Fsp3) is 0.250. The van der Waals surface area contributed by atoms with E-state index in [1.165, 1.54) is 6.07 Å². The molecule has 0 heterocycles. The summed E-state index contributed by atoms with van der Waals surface area (Å²) in [7, 11) is 3.31. The second kappa shape index (κ2) is 6.87. The molecule has 0 aromatic heterocycles. The minimum absolute atomic E-state index is 0.214. The van der Waals surface area contributed by atoms with E-state index in [9.17, 15) is 8.78 Å². The molecule has 112 valence electrons. The van der Waals surface area contributed by atoms with E-state index in [0.717, 1.165) is 17.7 Å². The summed E-state index contributed by atoms with van der Waals surface area (Å²) in [5, 5.41) is 3.65. The molecule has 0 fully saturated rings. The molecule has 21 heavy (non-hydrogen) atoms. The summed E-state index contributed by atoms with van der Waals surface area (Å²) in [6.45, 7) is 0. The Morgan fingerprint density at radius 1 is 1.19 bits per heavy atom. The van der Waals surface area contributed by atoms with Gasteiger partial charge in [-0.1, -0.05) is 17.7 Å². The van der Waals surface area contributed by atoms with Crippen LogP contribution in [0.4, 0.5) is 8.78 Å². The number of halogens is 3. The average Bonchev–Trinajstić information content (AvgIpc) is 2.48. The first-order valence-electron chi connectivity index (χ1n) is 6.49. The molecule has 0 aliphatic rings. The maximum absolute atomic E-state index is 13.8. The zero-order valence-corrected chi connectivity index (χ0v) is 12.5. The fourth-order valence-electron chi connectivity index (χ4n) is 2.26. The molecule has 0 aliphatic carbocycles. The van der Waals surface area contributed by atoms with Crippen molar-refractivity contribution in [1.29, 1.82) is 0 Å². The summed E-state index contributed by atoms with van der Waals surface area (Å²) in [6.07, 6.45) is 0.304. The zero-order chi connectivity index (χ0) is 15.4. The number of ether oxygens (including phenoxy) is 1. The number of methoxy groups -OCH3 is 1. The molecule has 1 N–H and O–H groups in total. The molecule has 0 spiro atoms. The molecular weight excluding hydrogens is 296 g/mol. The van der Waals surface area contributed by atoms with Crippen LogP contribution in [0, 0.1) is 11.6 Å². The Labute approximate surface area is 127 Å². The smallest absolute Gasteiger partial charge is 0.126 e. The predicted octanol–water partition coefficient (Wildman–Crippen LogP) is 4.13. The van der Waals surface area contributed by atoms with E-state index >= 15 is 0 Å². The van der Waals surface area contributed by atoms with Gasteiger partial charge in [0, 0.05) is 16.6 Å². The molecule has 5 heteroatoms. The van der Waals surface area contributed by atoms with Crippen LogP contribution in [0.2, 0.25) is 5.02 Å². The van der Waals surface area contributed by atoms with Crippen LogP contribution in [-0.2, 0) is 6.42 Å². The molecule has 0 amide bonds. The van der Waals surface area contributed by atoms with Crippen molar-refractivity contribution in [2.75, 3.05) is 14.2 Å². The number of likely N-dealkylation sites (N-methyl/N-ethyl adjacent to an activating group) is 1. The van der Waals surface area contributed by atoms with Gasteiger partial charge in [-0.15, -0.1) is 0 Å². The summed E-state index contributed by atoms with van der Waals surface area (Å²) in [5.41, 5.74) is 1.15. The molecule has 0 saturated heterocycles. The first-order chi connectivity index (χ1) is 10.0. The number of benzene rings is 2. The van der Waals surface area contributed by atoms with Gasteiger partial charge in [-0.25, -0.2) is 8.78 Å². The number of rotatable bonds is 5. The molecule has 0 radical (unpaired) electrons. The molecule has 2 nitrogen and oxygen atoms in total. The van der Waals surface area contributed by atoms with Gasteiger partial charge in [0.05, 0.1) is 7.11 Å². The zero-order valence-electron chi connectivity index (χ0n) is 11.8. The predicted molar refractivity (Wildman–Crippen MR) is 79.9 cm³/mol. The Hall–Kier alpha value is -1.65. The third kappa shape index (κ3) is 3.71. The van der Waals surface area contributed by atoms with Crippen molar-refractivity contribution >= 4 is 11.6 Å². The van der Waals surface area contributed by atoms with Gasteiger partial charge in [-0.2, -0.15) is 0 Å². The van der Waals surface area contributed by atoms with Crippen LogP contribution in [0.5, 0.6) is 5.75 Å². The number of nitrogens with one attached hydrogen (secondary N) is 1. The van der Waals surface area contributed by atoms with E-state index in [-0.39, 0.29) is 6.04 Å². The number of hydrogen-bond acceptors (Lipinski definition) is 2. The van der Waals surface area contributed by atoms with Gasteiger partial charge in [-0.05, 0) is 49.4 Å². The van der Waals surface area contributed by atoms with Crippen molar-refractivity contribution in [2.24, 2.45) is 0 Å². The lowest BCUT2D eigenvalue weighted by Gasteiger charge is -2.20. The minimum atomic E-state index is -0.454. The van der Waals surface area contributed by atoms with Gasteiger partial charge in [-0.3, -0.25) is 0 Å². The van der Waals surface area contributed by atoms with Crippen molar-refractivity contribution in [1.82, 2.24) is 5.32 Å². The lowest BCUT2D eigenvalue weighted by molar-refractivity contribution is 0.400. The molecule has 1 atom stereocenters. The normalized spacial score (nSPS) is 12.2. The Kier molecular flexibility index (Phi) is 5.15. The lowest BCUT2D eigenvalue weighted by Crippen LogP contribution is -2.20. The molecule has 0 saturated carbocycles. The highest BCUT2D eigenvalue weighted by Crippen LogP contribution is 2.30. The van der Waals surface area contributed by atoms with Gasteiger partial charge in [0.2, 0.25) is 0 Å². The maximum Gasteiger partial charge on any atom is 0.126 e. The van der Waals surface area contributed by atoms with Crippen LogP contribution in [0.1, 0.15) is 17.2 Å². The van der Waals surface area contributed by atoms with Gasteiger partial charge >= 0.3 is 0 Å². The van der Waals surface area contributed by atoms with Gasteiger partial charge in [0.15, 0.2) is 0 Å². The highest BCUT2D eigenvalue weighted by molar-refractivity contribution is 6.30. The standard InChI is InChI=1S/C16H16ClF2NO/c1-20-15(8-10-7-12(18)4-6-14(10)19)13-5-3-11(17)9-16(13)21-2/h3-7,9,15,20H,8H2,1-2H3. The van der Waals surface area contributed by atoms with Gasteiger partial charge < -0.3 is 10.1 Å². The Bertz CT molecular complexity index is 634. The second-order valence-electron chi connectivity index (χ2n) is 4.67. The second-order valence-corrected chi connectivity index (χ2v) is 5.10. The summed E-state index contributed by atoms with van der Waals surface area (Å²) in [5.74, 6) is -0.271. The van der Waals surface area contributed by atoms with Crippen molar-refractivity contribution in [2.45, 2.75) is 12.5 Å². The molecule has 2 rings (SSSR count). The Balaban J connectivity index is 2.34. The summed E-state index contributed by atoms with van der Waals surface area (Å²) in [4.78, 5) is 0. The van der Waals surface area contributed by atoms with Gasteiger partial charge in [0.1, 0.15) is 17.4 Å². The van der Waals surface area contributed by atoms with E-state index in [1.54, 1.807) is 26.3 Å². The largest absolute Gasteiger partial charge is 0.496 e. The van der Waals surface area contributed by atoms with E-state index < -0.39 is 11.6 Å². The van der Waals surface area contributed by atoms with Crippen LogP contribution in [0.25, 0.3) is 0 Å². The van der Waals surface area contributed by atoms with Crippen molar-refractivity contribution in [3.05, 3.63) is 64.2 Å². The van der Waals surface area contributed by atoms with Crippen molar-refractivity contribution in [3.8, 4) is 5.75 Å². The van der Waals surface area contributed by atoms with Crippen LogP contribution >= 0.6 is 11.6 Å². The molecule has 0 bridgehead atoms. The summed E-state index contributed by atoms with van der Waals surface area (Å²) in [6, 6.07) is 8.50. The molecule has 2 aromatic rings. The quantitative estimate of drug-likeness (QED) is 0.896. The van der Waals surface area contributed by atoms with Crippen molar-refractivity contribution in [3.63, 3.8) is 0 Å². The summed E-state index contributed by atoms with van der Waals surface area (Å²) >= 11 is 5.94. The Morgan fingerprint density at radius 3 is 2.62 bits per heavy atom. The van der Waals surface area contributed by atoms with Crippen LogP contribution in [0.15, 0.2) is 36.4 Å². The van der Waals surface area contributed by atoms with Crippen molar-refractivity contribution < 1.29 is 13.5 Å². The molecule has 2 aromatic carbocycles. The topological polar surface area (TPSA) is 21.3 Å². The minimum Gasteiger partial charge on any atom is -0.496 e. The highest BCUT2D eigenvalue weighted by atomic mass is 35.5. The van der Waals surface area contributed by atoms with Crippen LogP contribution in [-0.4, -0.2) is 14.2 Å². The SMILES string of the molecule is CNC(Cc1cc(F)ccc1F)c1ccc(Cl)cc1OC. The first-order valence-corrected chi connectivity index (χ1v) is 6.87. The highest BCUT2D eigenvalue weighted by Gasteiger charge is 2.17. The third-order valence-corrected chi connectivity index (χ3v) is 3.59.